The first-order valence-electron chi connectivity index (χ1n) is 9.77. The molecule has 3 rings (SSSR count). The van der Waals surface area contributed by atoms with Gasteiger partial charge in [-0.15, -0.1) is 0 Å². The minimum absolute atomic E-state index is 0.0349. The van der Waals surface area contributed by atoms with Crippen molar-refractivity contribution in [3.63, 3.8) is 0 Å². The van der Waals surface area contributed by atoms with Gasteiger partial charge in [0.25, 0.3) is 11.8 Å². The zero-order valence-electron chi connectivity index (χ0n) is 16.4. The van der Waals surface area contributed by atoms with Crippen LogP contribution in [0.25, 0.3) is 6.08 Å². The molecule has 1 heterocycles. The molecule has 1 aromatic heterocycles. The molecule has 1 fully saturated rings. The molecule has 1 aliphatic rings. The molecule has 1 aliphatic carbocycles. The molecular weight excluding hydrogens is 370 g/mol. The maximum atomic E-state index is 12.3. The third-order valence-electron chi connectivity index (χ3n) is 4.85. The highest BCUT2D eigenvalue weighted by molar-refractivity contribution is 5.98. The minimum atomic E-state index is -0.483. The van der Waals surface area contributed by atoms with E-state index in [0.29, 0.717) is 17.0 Å². The van der Waals surface area contributed by atoms with Crippen LogP contribution in [-0.4, -0.2) is 17.7 Å². The molecule has 1 aromatic carbocycles. The fraction of sp³-hybridized carbons (Fsp3) is 0.318. The first-order chi connectivity index (χ1) is 14.0. The number of nitrogens with one attached hydrogen (secondary N) is 3. The topological polar surface area (TPSA) is 100 Å². The standard InChI is InChI=1S/C22H25N3O4/c1-15-7-12-19(29-15)13-14-20(26)24-25-22(28)17-8-10-18(11-9-17)23-21(27)16-5-3-2-4-6-16/h7-14,16H,2-6H2,1H3,(H,23,27)(H,24,26)(H,25,28)/b14-13+. The fourth-order valence-electron chi connectivity index (χ4n) is 3.25. The molecule has 152 valence electrons. The SMILES string of the molecule is Cc1ccc(/C=C/C(=O)NNC(=O)c2ccc(NC(=O)C3CCCCC3)cc2)o1. The molecule has 29 heavy (non-hydrogen) atoms. The van der Waals surface area contributed by atoms with E-state index in [1.165, 1.54) is 18.6 Å². The summed E-state index contributed by atoms with van der Waals surface area (Å²) >= 11 is 0. The van der Waals surface area contributed by atoms with E-state index in [0.717, 1.165) is 31.4 Å². The van der Waals surface area contributed by atoms with Gasteiger partial charge in [-0.1, -0.05) is 19.3 Å². The van der Waals surface area contributed by atoms with Gasteiger partial charge < -0.3 is 9.73 Å². The lowest BCUT2D eigenvalue weighted by Crippen LogP contribution is -2.40. The highest BCUT2D eigenvalue weighted by atomic mass is 16.3. The normalized spacial score (nSPS) is 14.5. The Morgan fingerprint density at radius 1 is 0.966 bits per heavy atom. The largest absolute Gasteiger partial charge is 0.462 e. The Labute approximate surface area is 169 Å². The molecule has 0 radical (unpaired) electrons. The van der Waals surface area contributed by atoms with E-state index in [4.69, 9.17) is 4.42 Å². The maximum absolute atomic E-state index is 12.3. The Bertz CT molecular complexity index is 893. The van der Waals surface area contributed by atoms with Crippen LogP contribution in [0.15, 0.2) is 46.9 Å². The first kappa shape index (κ1) is 20.4. The van der Waals surface area contributed by atoms with Crippen molar-refractivity contribution in [1.82, 2.24) is 10.9 Å². The highest BCUT2D eigenvalue weighted by Crippen LogP contribution is 2.25. The molecule has 0 bridgehead atoms. The van der Waals surface area contributed by atoms with Crippen LogP contribution in [-0.2, 0) is 9.59 Å². The van der Waals surface area contributed by atoms with Crippen LogP contribution in [0.5, 0.6) is 0 Å². The average molecular weight is 395 g/mol. The van der Waals surface area contributed by atoms with Crippen molar-refractivity contribution >= 4 is 29.5 Å². The van der Waals surface area contributed by atoms with Gasteiger partial charge in [0.05, 0.1) is 0 Å². The molecule has 2 aromatic rings. The Morgan fingerprint density at radius 2 is 1.69 bits per heavy atom. The molecule has 0 saturated heterocycles. The second-order valence-corrected chi connectivity index (χ2v) is 7.13. The predicted molar refractivity (Wildman–Crippen MR) is 110 cm³/mol. The fourth-order valence-corrected chi connectivity index (χ4v) is 3.25. The van der Waals surface area contributed by atoms with Gasteiger partial charge in [-0.3, -0.25) is 25.2 Å². The van der Waals surface area contributed by atoms with Gasteiger partial charge in [0.2, 0.25) is 5.91 Å². The van der Waals surface area contributed by atoms with Gasteiger partial charge in [-0.05, 0) is 62.2 Å². The number of amides is 3. The number of hydrogen-bond donors (Lipinski definition) is 3. The van der Waals surface area contributed by atoms with Crippen molar-refractivity contribution in [2.24, 2.45) is 5.92 Å². The number of carbonyl (C=O) groups is 3. The van der Waals surface area contributed by atoms with Crippen molar-refractivity contribution in [2.45, 2.75) is 39.0 Å². The number of hydrazine groups is 1. The van der Waals surface area contributed by atoms with Crippen molar-refractivity contribution < 1.29 is 18.8 Å². The van der Waals surface area contributed by atoms with Gasteiger partial charge in [-0.2, -0.15) is 0 Å². The van der Waals surface area contributed by atoms with E-state index >= 15 is 0 Å². The Hall–Kier alpha value is -3.35. The Balaban J connectivity index is 1.46. The number of aryl methyl sites for hydroxylation is 1. The monoisotopic (exact) mass is 395 g/mol. The van der Waals surface area contributed by atoms with Crippen LogP contribution >= 0.6 is 0 Å². The minimum Gasteiger partial charge on any atom is -0.462 e. The third-order valence-corrected chi connectivity index (χ3v) is 4.85. The number of rotatable bonds is 5. The van der Waals surface area contributed by atoms with Crippen LogP contribution in [0.2, 0.25) is 0 Å². The van der Waals surface area contributed by atoms with Gasteiger partial charge >= 0.3 is 0 Å². The van der Waals surface area contributed by atoms with Gasteiger partial charge in [0, 0.05) is 23.2 Å². The molecule has 1 saturated carbocycles. The lowest BCUT2D eigenvalue weighted by Gasteiger charge is -2.20. The van der Waals surface area contributed by atoms with Crippen molar-refractivity contribution in [3.05, 3.63) is 59.6 Å². The number of carbonyl (C=O) groups excluding carboxylic acids is 3. The van der Waals surface area contributed by atoms with Gasteiger partial charge in [-0.25, -0.2) is 0 Å². The molecule has 0 aliphatic heterocycles. The average Bonchev–Trinajstić information content (AvgIpc) is 3.16. The number of benzene rings is 1. The third kappa shape index (κ3) is 6.07. The number of furan rings is 1. The van der Waals surface area contributed by atoms with Crippen LogP contribution in [0.1, 0.15) is 54.0 Å². The molecule has 0 unspecified atom stereocenters. The lowest BCUT2D eigenvalue weighted by atomic mass is 9.88. The van der Waals surface area contributed by atoms with Crippen LogP contribution < -0.4 is 16.2 Å². The summed E-state index contributed by atoms with van der Waals surface area (Å²) in [6.45, 7) is 1.81. The van der Waals surface area contributed by atoms with E-state index in [9.17, 15) is 14.4 Å². The Kier molecular flexibility index (Phi) is 6.84. The smallest absolute Gasteiger partial charge is 0.269 e. The zero-order valence-corrected chi connectivity index (χ0v) is 16.4. The predicted octanol–water partition coefficient (Wildman–Crippen LogP) is 3.58. The second-order valence-electron chi connectivity index (χ2n) is 7.13. The molecule has 7 heteroatoms. The lowest BCUT2D eigenvalue weighted by molar-refractivity contribution is -0.120. The molecule has 0 spiro atoms. The van der Waals surface area contributed by atoms with E-state index in [-0.39, 0.29) is 11.8 Å². The Morgan fingerprint density at radius 3 is 2.34 bits per heavy atom. The van der Waals surface area contributed by atoms with E-state index in [2.05, 4.69) is 16.2 Å². The molecule has 7 nitrogen and oxygen atoms in total. The first-order valence-corrected chi connectivity index (χ1v) is 9.77. The summed E-state index contributed by atoms with van der Waals surface area (Å²) in [7, 11) is 0. The highest BCUT2D eigenvalue weighted by Gasteiger charge is 2.21. The van der Waals surface area contributed by atoms with Crippen molar-refractivity contribution in [3.8, 4) is 0 Å². The van der Waals surface area contributed by atoms with Crippen molar-refractivity contribution in [1.29, 1.82) is 0 Å². The molecule has 0 atom stereocenters. The summed E-state index contributed by atoms with van der Waals surface area (Å²) in [6, 6.07) is 10.1. The summed E-state index contributed by atoms with van der Waals surface area (Å²) in [5, 5.41) is 2.90. The van der Waals surface area contributed by atoms with Crippen LogP contribution in [0.3, 0.4) is 0 Å². The summed E-state index contributed by atoms with van der Waals surface area (Å²) in [5.74, 6) is 0.467. The summed E-state index contributed by atoms with van der Waals surface area (Å²) in [6.07, 6.45) is 8.03. The van der Waals surface area contributed by atoms with Crippen molar-refractivity contribution in [2.75, 3.05) is 5.32 Å². The summed E-state index contributed by atoms with van der Waals surface area (Å²) < 4.78 is 5.32. The van der Waals surface area contributed by atoms with E-state index in [1.54, 1.807) is 36.4 Å². The van der Waals surface area contributed by atoms with E-state index in [1.807, 2.05) is 6.92 Å². The van der Waals surface area contributed by atoms with Crippen LogP contribution in [0.4, 0.5) is 5.69 Å². The van der Waals surface area contributed by atoms with Gasteiger partial charge in [0.15, 0.2) is 0 Å². The molecule has 3 amide bonds. The second kappa shape index (κ2) is 9.73. The summed E-state index contributed by atoms with van der Waals surface area (Å²) in [5.41, 5.74) is 5.67. The zero-order chi connectivity index (χ0) is 20.6. The number of hydrogen-bond acceptors (Lipinski definition) is 4. The quantitative estimate of drug-likeness (QED) is 0.532. The maximum Gasteiger partial charge on any atom is 0.269 e. The van der Waals surface area contributed by atoms with Gasteiger partial charge in [0.1, 0.15) is 11.5 Å². The van der Waals surface area contributed by atoms with E-state index < -0.39 is 11.8 Å². The number of anilines is 1. The molecule has 3 N–H and O–H groups in total. The summed E-state index contributed by atoms with van der Waals surface area (Å²) in [4.78, 5) is 36.2. The van der Waals surface area contributed by atoms with Crippen LogP contribution in [0, 0.1) is 12.8 Å². The molecular formula is C22H25N3O4.